The Bertz CT molecular complexity index is 1020. The summed E-state index contributed by atoms with van der Waals surface area (Å²) in [5, 5.41) is 11.1. The number of nitro benzene ring substituents is 1. The number of nitrogens with one attached hydrogen (secondary N) is 1. The molecule has 0 unspecified atom stereocenters. The van der Waals surface area contributed by atoms with Gasteiger partial charge in [0.1, 0.15) is 4.70 Å². The molecule has 1 heterocycles. The molecule has 138 valence electrons. The predicted octanol–water partition coefficient (Wildman–Crippen LogP) is 2.47. The standard InChI is InChI=1S/C12H12F3N3O5S2/c1-11(2,3)16-25(22,23)17-7-4-6(12(13,14)15)5-8(18(20)21)9(7)24-10(17)19/h4-5,16H,1-3H3. The number of alkyl halides is 3. The average Bonchev–Trinajstić information content (AvgIpc) is 2.69. The molecule has 1 aromatic carbocycles. The fourth-order valence-electron chi connectivity index (χ4n) is 2.04. The van der Waals surface area contributed by atoms with Gasteiger partial charge in [0.15, 0.2) is 0 Å². The molecule has 0 bridgehead atoms. The average molecular weight is 399 g/mol. The molecular weight excluding hydrogens is 387 g/mol. The van der Waals surface area contributed by atoms with Crippen LogP contribution in [-0.2, 0) is 16.4 Å². The third-order valence-corrected chi connectivity index (χ3v) is 5.63. The lowest BCUT2D eigenvalue weighted by atomic mass is 10.1. The van der Waals surface area contributed by atoms with E-state index in [1.165, 1.54) is 20.8 Å². The Hall–Kier alpha value is -1.99. The van der Waals surface area contributed by atoms with Crippen LogP contribution in [0.2, 0.25) is 0 Å². The van der Waals surface area contributed by atoms with Crippen molar-refractivity contribution < 1.29 is 26.5 Å². The second kappa shape index (κ2) is 5.78. The molecule has 25 heavy (non-hydrogen) atoms. The fraction of sp³-hybridized carbons (Fsp3) is 0.417. The highest BCUT2D eigenvalue weighted by Gasteiger charge is 2.36. The Morgan fingerprint density at radius 1 is 1.24 bits per heavy atom. The summed E-state index contributed by atoms with van der Waals surface area (Å²) in [6.07, 6.45) is -4.96. The minimum Gasteiger partial charge on any atom is -0.258 e. The van der Waals surface area contributed by atoms with Crippen LogP contribution in [0.25, 0.3) is 10.2 Å². The summed E-state index contributed by atoms with van der Waals surface area (Å²) in [5.41, 5.74) is -4.14. The van der Waals surface area contributed by atoms with Crippen molar-refractivity contribution >= 4 is 37.5 Å². The van der Waals surface area contributed by atoms with Gasteiger partial charge >= 0.3 is 21.3 Å². The summed E-state index contributed by atoms with van der Waals surface area (Å²) >= 11 is 0.185. The molecule has 1 aromatic heterocycles. The second-order valence-electron chi connectivity index (χ2n) is 6.09. The predicted molar refractivity (Wildman–Crippen MR) is 84.9 cm³/mol. The van der Waals surface area contributed by atoms with Crippen LogP contribution < -0.4 is 9.60 Å². The van der Waals surface area contributed by atoms with Gasteiger partial charge in [-0.25, -0.2) is 0 Å². The molecule has 0 fully saturated rings. The van der Waals surface area contributed by atoms with E-state index in [1.807, 2.05) is 0 Å². The number of thiazole rings is 1. The third kappa shape index (κ3) is 3.82. The van der Waals surface area contributed by atoms with Crippen LogP contribution in [-0.4, -0.2) is 22.9 Å². The van der Waals surface area contributed by atoms with E-state index >= 15 is 0 Å². The largest absolute Gasteiger partial charge is 0.416 e. The summed E-state index contributed by atoms with van der Waals surface area (Å²) in [7, 11) is -4.56. The number of aromatic nitrogens is 1. The van der Waals surface area contributed by atoms with Crippen molar-refractivity contribution in [1.29, 1.82) is 0 Å². The van der Waals surface area contributed by atoms with Crippen molar-refractivity contribution in [3.05, 3.63) is 37.5 Å². The number of non-ortho nitro benzene ring substituents is 1. The molecule has 0 radical (unpaired) electrons. The van der Waals surface area contributed by atoms with Gasteiger partial charge in [0.25, 0.3) is 5.69 Å². The Morgan fingerprint density at radius 2 is 1.80 bits per heavy atom. The monoisotopic (exact) mass is 399 g/mol. The molecule has 0 aliphatic rings. The number of hydrogen-bond acceptors (Lipinski definition) is 6. The topological polar surface area (TPSA) is 111 Å². The van der Waals surface area contributed by atoms with Gasteiger partial charge in [0, 0.05) is 11.6 Å². The Kier molecular flexibility index (Phi) is 4.47. The highest BCUT2D eigenvalue weighted by molar-refractivity contribution is 7.88. The number of benzene rings is 1. The first-order valence-electron chi connectivity index (χ1n) is 6.59. The van der Waals surface area contributed by atoms with Crippen molar-refractivity contribution in [3.63, 3.8) is 0 Å². The van der Waals surface area contributed by atoms with Gasteiger partial charge in [-0.1, -0.05) is 11.3 Å². The van der Waals surface area contributed by atoms with E-state index in [4.69, 9.17) is 0 Å². The molecule has 2 rings (SSSR count). The molecule has 0 aliphatic heterocycles. The highest BCUT2D eigenvalue weighted by Crippen LogP contribution is 2.37. The normalized spacial score (nSPS) is 13.4. The molecule has 8 nitrogen and oxygen atoms in total. The molecular formula is C12H12F3N3O5S2. The van der Waals surface area contributed by atoms with Crippen LogP contribution in [0.3, 0.4) is 0 Å². The Labute approximate surface area is 143 Å². The zero-order valence-corrected chi connectivity index (χ0v) is 14.7. The molecule has 0 atom stereocenters. The molecule has 1 N–H and O–H groups in total. The highest BCUT2D eigenvalue weighted by atomic mass is 32.2. The zero-order valence-electron chi connectivity index (χ0n) is 13.0. The first-order valence-corrected chi connectivity index (χ1v) is 8.85. The van der Waals surface area contributed by atoms with Crippen LogP contribution >= 0.6 is 11.3 Å². The maximum absolute atomic E-state index is 13.0. The maximum atomic E-state index is 13.0. The summed E-state index contributed by atoms with van der Waals surface area (Å²) in [6.45, 7) is 4.40. The first-order chi connectivity index (χ1) is 11.1. The van der Waals surface area contributed by atoms with Crippen LogP contribution in [0, 0.1) is 10.1 Å². The second-order valence-corrected chi connectivity index (χ2v) is 8.57. The van der Waals surface area contributed by atoms with E-state index in [1.54, 1.807) is 0 Å². The van der Waals surface area contributed by atoms with Gasteiger partial charge < -0.3 is 0 Å². The van der Waals surface area contributed by atoms with Crippen LogP contribution in [0.5, 0.6) is 0 Å². The van der Waals surface area contributed by atoms with E-state index < -0.39 is 53.2 Å². The van der Waals surface area contributed by atoms with Gasteiger partial charge in [-0.3, -0.25) is 14.9 Å². The van der Waals surface area contributed by atoms with Gasteiger partial charge in [0.05, 0.1) is 16.0 Å². The number of nitrogens with zero attached hydrogens (tertiary/aromatic N) is 2. The van der Waals surface area contributed by atoms with Crippen molar-refractivity contribution in [1.82, 2.24) is 8.69 Å². The van der Waals surface area contributed by atoms with E-state index in [0.29, 0.717) is 6.07 Å². The molecule has 0 amide bonds. The lowest BCUT2D eigenvalue weighted by molar-refractivity contribution is -0.383. The lowest BCUT2D eigenvalue weighted by Crippen LogP contribution is -2.45. The van der Waals surface area contributed by atoms with Crippen LogP contribution in [0.1, 0.15) is 26.3 Å². The van der Waals surface area contributed by atoms with Gasteiger partial charge in [-0.15, -0.1) is 0 Å². The van der Waals surface area contributed by atoms with E-state index in [2.05, 4.69) is 4.72 Å². The van der Waals surface area contributed by atoms with E-state index in [9.17, 15) is 36.5 Å². The lowest BCUT2D eigenvalue weighted by Gasteiger charge is -2.20. The molecule has 13 heteroatoms. The van der Waals surface area contributed by atoms with Gasteiger partial charge in [0.2, 0.25) is 0 Å². The summed E-state index contributed by atoms with van der Waals surface area (Å²) < 4.78 is 65.6. The quantitative estimate of drug-likeness (QED) is 0.630. The zero-order chi connectivity index (χ0) is 19.4. The molecule has 0 saturated heterocycles. The molecule has 0 spiro atoms. The number of hydrogen-bond donors (Lipinski definition) is 1. The molecule has 0 saturated carbocycles. The number of fused-ring (bicyclic) bond motifs is 1. The Morgan fingerprint density at radius 3 is 2.24 bits per heavy atom. The minimum atomic E-state index is -4.96. The van der Waals surface area contributed by atoms with Gasteiger partial charge in [-0.05, 0) is 26.8 Å². The smallest absolute Gasteiger partial charge is 0.258 e. The van der Waals surface area contributed by atoms with Gasteiger partial charge in [-0.2, -0.15) is 30.3 Å². The summed E-state index contributed by atoms with van der Waals surface area (Å²) in [6, 6.07) is 0.675. The van der Waals surface area contributed by atoms with Crippen molar-refractivity contribution in [3.8, 4) is 0 Å². The Balaban J connectivity index is 2.92. The maximum Gasteiger partial charge on any atom is 0.416 e. The molecule has 2 aromatic rings. The third-order valence-electron chi connectivity index (χ3n) is 2.82. The summed E-state index contributed by atoms with van der Waals surface area (Å²) in [5.74, 6) is 0. The van der Waals surface area contributed by atoms with E-state index in [0.717, 1.165) is 0 Å². The van der Waals surface area contributed by atoms with Crippen LogP contribution in [0.15, 0.2) is 16.9 Å². The van der Waals surface area contributed by atoms with E-state index in [-0.39, 0.29) is 21.4 Å². The minimum absolute atomic E-state index is 0.112. The number of nitro groups is 1. The fourth-order valence-corrected chi connectivity index (χ4v) is 4.82. The van der Waals surface area contributed by atoms with Crippen molar-refractivity contribution in [2.75, 3.05) is 0 Å². The molecule has 0 aliphatic carbocycles. The number of rotatable bonds is 3. The van der Waals surface area contributed by atoms with Crippen molar-refractivity contribution in [2.45, 2.75) is 32.5 Å². The first kappa shape index (κ1) is 19.3. The number of halogens is 3. The SMILES string of the molecule is CC(C)(C)NS(=O)(=O)n1c(=O)sc2c([N+](=O)[O-])cc(C(F)(F)F)cc21. The van der Waals surface area contributed by atoms with Crippen LogP contribution in [0.4, 0.5) is 18.9 Å². The van der Waals surface area contributed by atoms with Crippen molar-refractivity contribution in [2.24, 2.45) is 0 Å². The summed E-state index contributed by atoms with van der Waals surface area (Å²) in [4.78, 5) is 20.9.